The van der Waals surface area contributed by atoms with Crippen LogP contribution in [0.4, 0.5) is 11.4 Å². The molecule has 1 aliphatic heterocycles. The zero-order chi connectivity index (χ0) is 15.6. The van der Waals surface area contributed by atoms with Crippen molar-refractivity contribution in [1.82, 2.24) is 4.90 Å². The van der Waals surface area contributed by atoms with Crippen LogP contribution in [-0.2, 0) is 9.59 Å². The number of hydrogen-bond acceptors (Lipinski definition) is 6. The third kappa shape index (κ3) is 2.86. The van der Waals surface area contributed by atoms with Crippen molar-refractivity contribution in [3.8, 4) is 11.5 Å². The van der Waals surface area contributed by atoms with Gasteiger partial charge in [0.05, 0.1) is 25.6 Å². The third-order valence-corrected chi connectivity index (χ3v) is 3.54. The fraction of sp³-hybridized carbons (Fsp3) is 0.429. The van der Waals surface area contributed by atoms with Gasteiger partial charge in [-0.1, -0.05) is 0 Å². The zero-order valence-electron chi connectivity index (χ0n) is 12.3. The first-order valence-corrected chi connectivity index (χ1v) is 6.56. The molecule has 0 spiro atoms. The van der Waals surface area contributed by atoms with Crippen molar-refractivity contribution >= 4 is 23.2 Å². The minimum Gasteiger partial charge on any atom is -0.493 e. The van der Waals surface area contributed by atoms with Crippen molar-refractivity contribution in [2.45, 2.75) is 18.9 Å². The number of nitrogens with two attached hydrogens (primary N) is 1. The second-order valence-corrected chi connectivity index (χ2v) is 4.82. The van der Waals surface area contributed by atoms with Gasteiger partial charge in [-0.3, -0.25) is 14.5 Å². The van der Waals surface area contributed by atoms with E-state index in [1.807, 2.05) is 0 Å². The number of hydrogen-bond donors (Lipinski definition) is 2. The van der Waals surface area contributed by atoms with E-state index in [0.29, 0.717) is 35.7 Å². The van der Waals surface area contributed by atoms with Crippen LogP contribution >= 0.6 is 0 Å². The molecule has 1 aromatic rings. The predicted octanol–water partition coefficient (Wildman–Crippen LogP) is 0.845. The number of anilines is 2. The van der Waals surface area contributed by atoms with Crippen molar-refractivity contribution in [3.63, 3.8) is 0 Å². The second-order valence-electron chi connectivity index (χ2n) is 4.82. The van der Waals surface area contributed by atoms with Crippen molar-refractivity contribution in [2.24, 2.45) is 0 Å². The van der Waals surface area contributed by atoms with Crippen LogP contribution in [0.2, 0.25) is 0 Å². The lowest BCUT2D eigenvalue weighted by Gasteiger charge is -2.29. The fourth-order valence-electron chi connectivity index (χ4n) is 2.26. The van der Waals surface area contributed by atoms with Crippen LogP contribution in [0, 0.1) is 0 Å². The zero-order valence-corrected chi connectivity index (χ0v) is 12.3. The molecule has 0 radical (unpaired) electrons. The number of carbonyl (C=O) groups excluding carboxylic acids is 2. The van der Waals surface area contributed by atoms with Crippen LogP contribution in [0.3, 0.4) is 0 Å². The highest BCUT2D eigenvalue weighted by Crippen LogP contribution is 2.35. The number of carbonyl (C=O) groups is 2. The number of ether oxygens (including phenoxy) is 2. The predicted molar refractivity (Wildman–Crippen MR) is 78.4 cm³/mol. The number of methoxy groups -OCH3 is 2. The number of nitrogens with one attached hydrogen (secondary N) is 1. The van der Waals surface area contributed by atoms with E-state index < -0.39 is 6.04 Å². The van der Waals surface area contributed by atoms with E-state index in [0.717, 1.165) is 4.90 Å². The Morgan fingerprint density at radius 3 is 2.48 bits per heavy atom. The number of likely N-dealkylation sites (N-methyl/N-ethyl adjacent to an activating group) is 1. The molecule has 0 saturated carbocycles. The second kappa shape index (κ2) is 5.90. The van der Waals surface area contributed by atoms with E-state index in [9.17, 15) is 9.59 Å². The van der Waals surface area contributed by atoms with Crippen LogP contribution in [0.5, 0.6) is 11.5 Å². The molecular formula is C14H19N3O4. The summed E-state index contributed by atoms with van der Waals surface area (Å²) in [6, 6.07) is 2.83. The number of amides is 2. The molecule has 0 aromatic heterocycles. The van der Waals surface area contributed by atoms with Gasteiger partial charge in [0.1, 0.15) is 6.04 Å². The summed E-state index contributed by atoms with van der Waals surface area (Å²) in [4.78, 5) is 24.7. The van der Waals surface area contributed by atoms with Gasteiger partial charge in [-0.15, -0.1) is 0 Å². The minimum atomic E-state index is -0.479. The summed E-state index contributed by atoms with van der Waals surface area (Å²) >= 11 is 0. The largest absolute Gasteiger partial charge is 0.493 e. The Labute approximate surface area is 123 Å². The molecule has 1 heterocycles. The van der Waals surface area contributed by atoms with Gasteiger partial charge >= 0.3 is 0 Å². The van der Waals surface area contributed by atoms with E-state index in [2.05, 4.69) is 5.32 Å². The number of rotatable bonds is 4. The van der Waals surface area contributed by atoms with Crippen LogP contribution in [-0.4, -0.2) is 44.0 Å². The van der Waals surface area contributed by atoms with Gasteiger partial charge in [0.15, 0.2) is 11.5 Å². The van der Waals surface area contributed by atoms with E-state index in [4.69, 9.17) is 15.2 Å². The minimum absolute atomic E-state index is 0.168. The first-order valence-electron chi connectivity index (χ1n) is 6.56. The molecule has 0 aliphatic carbocycles. The van der Waals surface area contributed by atoms with Crippen molar-refractivity contribution in [1.29, 1.82) is 0 Å². The summed E-state index contributed by atoms with van der Waals surface area (Å²) in [5, 5.41) is 3.07. The Bertz CT molecular complexity index is 574. The molecule has 1 atom stereocenters. The Hall–Kier alpha value is -2.44. The van der Waals surface area contributed by atoms with Crippen LogP contribution in [0.25, 0.3) is 0 Å². The van der Waals surface area contributed by atoms with Gasteiger partial charge in [0.25, 0.3) is 5.91 Å². The lowest BCUT2D eigenvalue weighted by Crippen LogP contribution is -2.48. The molecule has 3 N–H and O–H groups in total. The molecule has 21 heavy (non-hydrogen) atoms. The summed E-state index contributed by atoms with van der Waals surface area (Å²) in [5.41, 5.74) is 6.98. The van der Waals surface area contributed by atoms with Crippen LogP contribution in [0.1, 0.15) is 12.8 Å². The van der Waals surface area contributed by atoms with Crippen molar-refractivity contribution in [2.75, 3.05) is 32.3 Å². The summed E-state index contributed by atoms with van der Waals surface area (Å²) in [6.07, 6.45) is 0.767. The van der Waals surface area contributed by atoms with E-state index in [-0.39, 0.29) is 11.8 Å². The quantitative estimate of drug-likeness (QED) is 0.631. The maximum Gasteiger partial charge on any atom is 0.251 e. The molecular weight excluding hydrogens is 274 g/mol. The molecule has 2 rings (SSSR count). The fourth-order valence-corrected chi connectivity index (χ4v) is 2.26. The number of piperidine rings is 1. The molecule has 1 unspecified atom stereocenters. The standard InChI is InChI=1S/C14H19N3O4/c1-17-13(18)5-4-9(14(17)19)16-10-7-12(21-3)11(20-2)6-8(10)15/h6-7,9,16H,4-5,15H2,1-3H3. The molecule has 114 valence electrons. The molecule has 1 saturated heterocycles. The monoisotopic (exact) mass is 293 g/mol. The van der Waals surface area contributed by atoms with Gasteiger partial charge in [-0.2, -0.15) is 0 Å². The Morgan fingerprint density at radius 2 is 1.86 bits per heavy atom. The maximum atomic E-state index is 12.1. The Kier molecular flexibility index (Phi) is 4.21. The molecule has 0 bridgehead atoms. The van der Waals surface area contributed by atoms with Gasteiger partial charge in [-0.05, 0) is 6.42 Å². The number of nitrogens with zero attached hydrogens (tertiary/aromatic N) is 1. The Morgan fingerprint density at radius 1 is 1.24 bits per heavy atom. The lowest BCUT2D eigenvalue weighted by atomic mass is 10.0. The first kappa shape index (κ1) is 15.0. The molecule has 1 aromatic carbocycles. The van der Waals surface area contributed by atoms with Gasteiger partial charge in [0, 0.05) is 25.6 Å². The van der Waals surface area contributed by atoms with Crippen LogP contribution < -0.4 is 20.5 Å². The summed E-state index contributed by atoms with van der Waals surface area (Å²) in [6.45, 7) is 0. The first-order chi connectivity index (χ1) is 9.97. The van der Waals surface area contributed by atoms with Gasteiger partial charge in [-0.25, -0.2) is 0 Å². The van der Waals surface area contributed by atoms with Gasteiger partial charge < -0.3 is 20.5 Å². The van der Waals surface area contributed by atoms with Crippen LogP contribution in [0.15, 0.2) is 12.1 Å². The normalized spacial score (nSPS) is 18.6. The van der Waals surface area contributed by atoms with E-state index in [1.54, 1.807) is 12.1 Å². The SMILES string of the molecule is COc1cc(N)c(NC2CCC(=O)N(C)C2=O)cc1OC. The Balaban J connectivity index is 2.23. The lowest BCUT2D eigenvalue weighted by molar-refractivity contribution is -0.146. The number of nitrogen functional groups attached to an aromatic ring is 1. The number of benzene rings is 1. The van der Waals surface area contributed by atoms with E-state index >= 15 is 0 Å². The smallest absolute Gasteiger partial charge is 0.251 e. The molecule has 1 fully saturated rings. The number of likely N-dealkylation sites (tertiary alicyclic amines) is 1. The third-order valence-electron chi connectivity index (χ3n) is 3.54. The molecule has 2 amide bonds. The average molecular weight is 293 g/mol. The van der Waals surface area contributed by atoms with Gasteiger partial charge in [0.2, 0.25) is 5.91 Å². The van der Waals surface area contributed by atoms with E-state index in [1.165, 1.54) is 21.3 Å². The molecule has 1 aliphatic rings. The average Bonchev–Trinajstić information content (AvgIpc) is 2.49. The van der Waals surface area contributed by atoms with Crippen molar-refractivity contribution < 1.29 is 19.1 Å². The highest BCUT2D eigenvalue weighted by Gasteiger charge is 2.32. The maximum absolute atomic E-state index is 12.1. The molecule has 7 heteroatoms. The topological polar surface area (TPSA) is 93.9 Å². The summed E-state index contributed by atoms with van der Waals surface area (Å²) < 4.78 is 10.4. The summed E-state index contributed by atoms with van der Waals surface area (Å²) in [7, 11) is 4.53. The number of imide groups is 1. The summed E-state index contributed by atoms with van der Waals surface area (Å²) in [5.74, 6) is 0.600. The highest BCUT2D eigenvalue weighted by atomic mass is 16.5. The van der Waals surface area contributed by atoms with Crippen molar-refractivity contribution in [3.05, 3.63) is 12.1 Å². The molecule has 7 nitrogen and oxygen atoms in total. The highest BCUT2D eigenvalue weighted by molar-refractivity contribution is 6.01.